The molecule has 0 radical (unpaired) electrons. The number of non-ortho nitro benzene ring substituents is 1. The van der Waals surface area contributed by atoms with Crippen molar-refractivity contribution in [2.75, 3.05) is 11.9 Å². The standard InChI is InChI=1S/C10H9ClN4O2S/c11-9-10(14-18-13-9)12-6-5-7-1-3-8(4-2-7)15(16)17/h1-4H,5-6H2,(H,12,14). The Kier molecular flexibility index (Phi) is 4.06. The van der Waals surface area contributed by atoms with E-state index in [1.807, 2.05) is 0 Å². The number of benzene rings is 1. The molecule has 6 nitrogen and oxygen atoms in total. The minimum absolute atomic E-state index is 0.0958. The average Bonchev–Trinajstić information content (AvgIpc) is 2.76. The fraction of sp³-hybridized carbons (Fsp3) is 0.200. The second kappa shape index (κ2) is 5.74. The molecule has 0 saturated heterocycles. The van der Waals surface area contributed by atoms with Crippen LogP contribution in [0.5, 0.6) is 0 Å². The highest BCUT2D eigenvalue weighted by Gasteiger charge is 2.05. The van der Waals surface area contributed by atoms with Crippen LogP contribution in [0.4, 0.5) is 11.5 Å². The number of hydrogen-bond acceptors (Lipinski definition) is 6. The van der Waals surface area contributed by atoms with Gasteiger partial charge in [-0.1, -0.05) is 23.7 Å². The van der Waals surface area contributed by atoms with Crippen LogP contribution in [0, 0.1) is 10.1 Å². The molecule has 0 amide bonds. The first kappa shape index (κ1) is 12.7. The maximum atomic E-state index is 10.5. The summed E-state index contributed by atoms with van der Waals surface area (Å²) in [4.78, 5) is 10.1. The zero-order chi connectivity index (χ0) is 13.0. The van der Waals surface area contributed by atoms with Crippen LogP contribution in [0.1, 0.15) is 5.56 Å². The van der Waals surface area contributed by atoms with Gasteiger partial charge in [-0.2, -0.15) is 8.75 Å². The summed E-state index contributed by atoms with van der Waals surface area (Å²) < 4.78 is 7.81. The van der Waals surface area contributed by atoms with Gasteiger partial charge in [0, 0.05) is 18.7 Å². The summed E-state index contributed by atoms with van der Waals surface area (Å²) >= 11 is 6.82. The summed E-state index contributed by atoms with van der Waals surface area (Å²) in [6.45, 7) is 0.642. The van der Waals surface area contributed by atoms with Gasteiger partial charge >= 0.3 is 0 Å². The maximum absolute atomic E-state index is 10.5. The first-order valence-electron chi connectivity index (χ1n) is 5.12. The largest absolute Gasteiger partial charge is 0.366 e. The number of rotatable bonds is 5. The first-order valence-corrected chi connectivity index (χ1v) is 6.23. The van der Waals surface area contributed by atoms with Gasteiger partial charge in [-0.05, 0) is 12.0 Å². The molecule has 2 aromatic rings. The van der Waals surface area contributed by atoms with Crippen molar-refractivity contribution >= 4 is 34.8 Å². The highest BCUT2D eigenvalue weighted by molar-refractivity contribution is 6.99. The number of nitrogens with zero attached hydrogens (tertiary/aromatic N) is 3. The lowest BCUT2D eigenvalue weighted by Crippen LogP contribution is -2.05. The van der Waals surface area contributed by atoms with Gasteiger partial charge in [0.25, 0.3) is 5.69 Å². The van der Waals surface area contributed by atoms with Gasteiger partial charge in [-0.3, -0.25) is 10.1 Å². The van der Waals surface area contributed by atoms with Crippen molar-refractivity contribution < 1.29 is 4.92 Å². The van der Waals surface area contributed by atoms with Crippen molar-refractivity contribution in [3.63, 3.8) is 0 Å². The van der Waals surface area contributed by atoms with Crippen molar-refractivity contribution in [3.8, 4) is 0 Å². The fourth-order valence-corrected chi connectivity index (χ4v) is 2.08. The Balaban J connectivity index is 1.87. The zero-order valence-corrected chi connectivity index (χ0v) is 10.7. The number of halogens is 1. The molecule has 1 heterocycles. The quantitative estimate of drug-likeness (QED) is 0.674. The second-order valence-electron chi connectivity index (χ2n) is 3.50. The molecule has 0 fully saturated rings. The molecule has 1 N–H and O–H groups in total. The maximum Gasteiger partial charge on any atom is 0.269 e. The van der Waals surface area contributed by atoms with Crippen LogP contribution in [-0.2, 0) is 6.42 Å². The molecule has 94 valence electrons. The van der Waals surface area contributed by atoms with E-state index in [-0.39, 0.29) is 5.69 Å². The molecule has 8 heteroatoms. The van der Waals surface area contributed by atoms with Gasteiger partial charge in [0.15, 0.2) is 11.0 Å². The van der Waals surface area contributed by atoms with Crippen LogP contribution in [0.3, 0.4) is 0 Å². The second-order valence-corrected chi connectivity index (χ2v) is 4.39. The topological polar surface area (TPSA) is 81.0 Å². The normalized spacial score (nSPS) is 10.3. The molecule has 0 spiro atoms. The Labute approximate surface area is 112 Å². The van der Waals surface area contributed by atoms with Crippen LogP contribution in [0.2, 0.25) is 5.15 Å². The third-order valence-corrected chi connectivity index (χ3v) is 3.19. The van der Waals surface area contributed by atoms with E-state index >= 15 is 0 Å². The number of aromatic nitrogens is 2. The highest BCUT2D eigenvalue weighted by atomic mass is 35.5. The van der Waals surface area contributed by atoms with Gasteiger partial charge in [0.2, 0.25) is 0 Å². The van der Waals surface area contributed by atoms with E-state index < -0.39 is 4.92 Å². The van der Waals surface area contributed by atoms with E-state index in [0.717, 1.165) is 23.7 Å². The van der Waals surface area contributed by atoms with E-state index in [9.17, 15) is 10.1 Å². The minimum atomic E-state index is -0.414. The first-order chi connectivity index (χ1) is 8.66. The third-order valence-electron chi connectivity index (χ3n) is 2.30. The van der Waals surface area contributed by atoms with Crippen molar-refractivity contribution in [1.29, 1.82) is 0 Å². The molecule has 0 bridgehead atoms. The monoisotopic (exact) mass is 284 g/mol. The smallest absolute Gasteiger partial charge is 0.269 e. The van der Waals surface area contributed by atoms with Gasteiger partial charge in [0.05, 0.1) is 16.7 Å². The molecule has 0 saturated carbocycles. The van der Waals surface area contributed by atoms with Crippen molar-refractivity contribution in [1.82, 2.24) is 8.75 Å². The summed E-state index contributed by atoms with van der Waals surface area (Å²) in [5, 5.41) is 13.9. The van der Waals surface area contributed by atoms with Gasteiger partial charge in [-0.25, -0.2) is 0 Å². The van der Waals surface area contributed by atoms with E-state index in [1.165, 1.54) is 12.1 Å². The number of nitro groups is 1. The van der Waals surface area contributed by atoms with E-state index in [2.05, 4.69) is 14.1 Å². The van der Waals surface area contributed by atoms with E-state index in [4.69, 9.17) is 11.6 Å². The Morgan fingerprint density at radius 1 is 1.33 bits per heavy atom. The minimum Gasteiger partial charge on any atom is -0.366 e. The van der Waals surface area contributed by atoms with Crippen LogP contribution in [0.25, 0.3) is 0 Å². The molecular weight excluding hydrogens is 276 g/mol. The Hall–Kier alpha value is -1.73. The Morgan fingerprint density at radius 2 is 2.06 bits per heavy atom. The SMILES string of the molecule is O=[N+]([O-])c1ccc(CCNc2nsnc2Cl)cc1. The predicted molar refractivity (Wildman–Crippen MR) is 70.2 cm³/mol. The predicted octanol–water partition coefficient (Wildman–Crippen LogP) is 2.75. The third kappa shape index (κ3) is 3.14. The van der Waals surface area contributed by atoms with Crippen LogP contribution in [-0.4, -0.2) is 20.2 Å². The number of nitrogens with one attached hydrogen (secondary N) is 1. The molecule has 0 aliphatic carbocycles. The van der Waals surface area contributed by atoms with Crippen LogP contribution >= 0.6 is 23.3 Å². The zero-order valence-electron chi connectivity index (χ0n) is 9.17. The molecular formula is C10H9ClN4O2S. The number of nitro benzene ring substituents is 1. The Morgan fingerprint density at radius 3 is 2.61 bits per heavy atom. The molecule has 1 aromatic carbocycles. The summed E-state index contributed by atoms with van der Waals surface area (Å²) in [6, 6.07) is 6.46. The van der Waals surface area contributed by atoms with Crippen molar-refractivity contribution in [3.05, 3.63) is 45.1 Å². The molecule has 0 aliphatic rings. The molecule has 0 unspecified atom stereocenters. The summed E-state index contributed by atoms with van der Waals surface area (Å²) in [5.41, 5.74) is 1.10. The lowest BCUT2D eigenvalue weighted by molar-refractivity contribution is -0.384. The van der Waals surface area contributed by atoms with Crippen LogP contribution in [0.15, 0.2) is 24.3 Å². The summed E-state index contributed by atoms with van der Waals surface area (Å²) in [5.74, 6) is 0.573. The highest BCUT2D eigenvalue weighted by Crippen LogP contribution is 2.18. The summed E-state index contributed by atoms with van der Waals surface area (Å²) in [6.07, 6.45) is 0.728. The Bertz CT molecular complexity index is 543. The van der Waals surface area contributed by atoms with Crippen LogP contribution < -0.4 is 5.32 Å². The van der Waals surface area contributed by atoms with Gasteiger partial charge < -0.3 is 5.32 Å². The molecule has 0 atom stereocenters. The fourth-order valence-electron chi connectivity index (χ4n) is 1.39. The van der Waals surface area contributed by atoms with Gasteiger partial charge in [0.1, 0.15) is 0 Å². The van der Waals surface area contributed by atoms with Crippen molar-refractivity contribution in [2.24, 2.45) is 0 Å². The average molecular weight is 285 g/mol. The molecule has 0 aliphatic heterocycles. The van der Waals surface area contributed by atoms with Crippen molar-refractivity contribution in [2.45, 2.75) is 6.42 Å². The molecule has 2 rings (SSSR count). The van der Waals surface area contributed by atoms with E-state index in [0.29, 0.717) is 17.5 Å². The number of hydrogen-bond donors (Lipinski definition) is 1. The van der Waals surface area contributed by atoms with E-state index in [1.54, 1.807) is 12.1 Å². The van der Waals surface area contributed by atoms with Gasteiger partial charge in [-0.15, -0.1) is 0 Å². The molecule has 1 aromatic heterocycles. The summed E-state index contributed by atoms with van der Waals surface area (Å²) in [7, 11) is 0. The lowest BCUT2D eigenvalue weighted by Gasteiger charge is -2.03. The lowest BCUT2D eigenvalue weighted by atomic mass is 10.1. The number of anilines is 1. The molecule has 18 heavy (non-hydrogen) atoms.